The Morgan fingerprint density at radius 2 is 1.87 bits per heavy atom. The van der Waals surface area contributed by atoms with Gasteiger partial charge in [0.05, 0.1) is 18.8 Å². The number of hydrogen-bond donors (Lipinski definition) is 3. The summed E-state index contributed by atoms with van der Waals surface area (Å²) in [7, 11) is 0. The molecule has 1 amide bonds. The number of nitrogens with one attached hydrogen (secondary N) is 2. The molecule has 2 saturated carbocycles. The first-order valence-corrected chi connectivity index (χ1v) is 12.2. The molecule has 2 saturated heterocycles. The van der Waals surface area contributed by atoms with Gasteiger partial charge in [-0.3, -0.25) is 19.9 Å². The van der Waals surface area contributed by atoms with Gasteiger partial charge in [-0.05, 0) is 50.4 Å². The predicted octanol–water partition coefficient (Wildman–Crippen LogP) is 1.26. The number of hydrogen-bond acceptors (Lipinski definition) is 6. The lowest BCUT2D eigenvalue weighted by Crippen LogP contribution is -2.69. The molecule has 2 aliphatic carbocycles. The zero-order chi connectivity index (χ0) is 21.3. The Hall–Kier alpha value is -0.620. The highest BCUT2D eigenvalue weighted by molar-refractivity contribution is 6.21. The Kier molecular flexibility index (Phi) is 7.44. The summed E-state index contributed by atoms with van der Waals surface area (Å²) in [5, 5.41) is 17.5. The molecule has 0 aromatic rings. The zero-order valence-corrected chi connectivity index (χ0v) is 19.0. The molecule has 4 rings (SSSR count). The number of nitrogens with two attached hydrogens (primary N) is 1. The van der Waals surface area contributed by atoms with Gasteiger partial charge in [0.2, 0.25) is 5.91 Å². The van der Waals surface area contributed by atoms with Crippen LogP contribution in [-0.4, -0.2) is 77.6 Å². The minimum absolute atomic E-state index is 0.150. The highest BCUT2D eigenvalue weighted by Crippen LogP contribution is 2.45. The molecule has 6 atom stereocenters. The zero-order valence-electron chi connectivity index (χ0n) is 17.5. The summed E-state index contributed by atoms with van der Waals surface area (Å²) in [5.74, 6) is 1.29. The number of carbonyl (C=O) groups excluding carboxylic acids is 1. The number of fused-ring (bicyclic) bond motifs is 1. The van der Waals surface area contributed by atoms with Gasteiger partial charge in [0, 0.05) is 49.0 Å². The Labute approximate surface area is 189 Å². The smallest absolute Gasteiger partial charge is 0.231 e. The van der Waals surface area contributed by atoms with Crippen LogP contribution in [0, 0.1) is 29.1 Å². The van der Waals surface area contributed by atoms with E-state index in [-0.39, 0.29) is 30.0 Å². The first-order chi connectivity index (χ1) is 14.5. The van der Waals surface area contributed by atoms with E-state index in [4.69, 9.17) is 28.9 Å². The third kappa shape index (κ3) is 4.90. The maximum atomic E-state index is 11.4. The van der Waals surface area contributed by atoms with E-state index >= 15 is 0 Å². The van der Waals surface area contributed by atoms with Crippen molar-refractivity contribution in [3.8, 4) is 6.07 Å². The first kappa shape index (κ1) is 22.6. The molecule has 0 spiro atoms. The third-order valence-electron chi connectivity index (χ3n) is 7.82. The Morgan fingerprint density at radius 3 is 2.57 bits per heavy atom. The minimum Gasteiger partial charge on any atom is -0.369 e. The quantitative estimate of drug-likeness (QED) is 0.550. The van der Waals surface area contributed by atoms with E-state index < -0.39 is 0 Å². The van der Waals surface area contributed by atoms with Gasteiger partial charge in [0.15, 0.2) is 0 Å². The van der Waals surface area contributed by atoms with Crippen molar-refractivity contribution in [2.45, 2.75) is 67.5 Å². The first-order valence-electron chi connectivity index (χ1n) is 11.4. The summed E-state index contributed by atoms with van der Waals surface area (Å²) in [6, 6.07) is 2.47. The van der Waals surface area contributed by atoms with Gasteiger partial charge in [-0.15, -0.1) is 23.2 Å². The third-order valence-corrected chi connectivity index (χ3v) is 8.75. The maximum Gasteiger partial charge on any atom is 0.231 e. The van der Waals surface area contributed by atoms with Gasteiger partial charge in [-0.1, -0.05) is 0 Å². The van der Waals surface area contributed by atoms with Gasteiger partial charge < -0.3 is 11.1 Å². The molecular weight excluding hydrogens is 423 g/mol. The number of piperazine rings is 1. The molecule has 0 aromatic carbocycles. The van der Waals surface area contributed by atoms with Gasteiger partial charge in [-0.25, -0.2) is 0 Å². The molecule has 4 fully saturated rings. The molecule has 0 bridgehead atoms. The van der Waals surface area contributed by atoms with Crippen LogP contribution in [0.1, 0.15) is 38.5 Å². The topological polar surface area (TPSA) is 97.4 Å². The average Bonchev–Trinajstić information content (AvgIpc) is 2.73. The van der Waals surface area contributed by atoms with Crippen LogP contribution in [0.3, 0.4) is 0 Å². The van der Waals surface area contributed by atoms with Crippen LogP contribution >= 0.6 is 23.2 Å². The van der Waals surface area contributed by atoms with Crippen molar-refractivity contribution in [2.24, 2.45) is 23.5 Å². The normalized spacial score (nSPS) is 43.5. The van der Waals surface area contributed by atoms with E-state index in [1.807, 2.05) is 4.90 Å². The van der Waals surface area contributed by atoms with Gasteiger partial charge in [0.1, 0.15) is 6.04 Å². The summed E-state index contributed by atoms with van der Waals surface area (Å²) < 4.78 is 0. The highest BCUT2D eigenvalue weighted by atomic mass is 35.5. The second-order valence-corrected chi connectivity index (χ2v) is 10.7. The number of nitriles is 1. The summed E-state index contributed by atoms with van der Waals surface area (Å²) in [5.41, 5.74) is 5.37. The number of halogens is 2. The number of amides is 1. The van der Waals surface area contributed by atoms with Crippen LogP contribution < -0.4 is 16.4 Å². The number of nitrogens with zero attached hydrogens (tertiary/aromatic N) is 3. The summed E-state index contributed by atoms with van der Waals surface area (Å²) in [6.07, 6.45) is 6.93. The Balaban J connectivity index is 1.44. The van der Waals surface area contributed by atoms with Gasteiger partial charge >= 0.3 is 0 Å². The molecular formula is C21H34Cl2N6O. The molecule has 4 aliphatic rings. The Morgan fingerprint density at radius 1 is 1.10 bits per heavy atom. The van der Waals surface area contributed by atoms with Crippen LogP contribution in [-0.2, 0) is 4.79 Å². The average molecular weight is 457 g/mol. The lowest BCUT2D eigenvalue weighted by atomic mass is 9.67. The predicted molar refractivity (Wildman–Crippen MR) is 118 cm³/mol. The number of rotatable bonds is 4. The van der Waals surface area contributed by atoms with E-state index in [1.54, 1.807) is 0 Å². The second kappa shape index (κ2) is 9.89. The lowest BCUT2D eigenvalue weighted by molar-refractivity contribution is -0.120. The minimum atomic E-state index is -0.376. The van der Waals surface area contributed by atoms with E-state index in [0.717, 1.165) is 38.9 Å². The van der Waals surface area contributed by atoms with Crippen molar-refractivity contribution in [3.63, 3.8) is 0 Å². The summed E-state index contributed by atoms with van der Waals surface area (Å²) >= 11 is 13.3. The summed E-state index contributed by atoms with van der Waals surface area (Å²) in [4.78, 5) is 15.7. The van der Waals surface area contributed by atoms with Gasteiger partial charge in [-0.2, -0.15) is 5.26 Å². The van der Waals surface area contributed by atoms with Crippen molar-refractivity contribution in [3.05, 3.63) is 0 Å². The summed E-state index contributed by atoms with van der Waals surface area (Å²) in [6.45, 7) is 3.06. The van der Waals surface area contributed by atoms with E-state index in [2.05, 4.69) is 21.6 Å². The van der Waals surface area contributed by atoms with Crippen molar-refractivity contribution >= 4 is 29.1 Å². The SMILES string of the molecule is N#CC1CN(C2NCNC3CC(Cl)C(C4CCC(Cl)CC4)CC32)CCN1CC(N)=O. The van der Waals surface area contributed by atoms with Crippen LogP contribution in [0.25, 0.3) is 0 Å². The van der Waals surface area contributed by atoms with Crippen LogP contribution in [0.2, 0.25) is 0 Å². The number of carbonyl (C=O) groups is 1. The molecule has 2 aliphatic heterocycles. The molecule has 4 N–H and O–H groups in total. The molecule has 2 heterocycles. The van der Waals surface area contributed by atoms with Crippen molar-refractivity contribution < 1.29 is 4.79 Å². The lowest BCUT2D eigenvalue weighted by Gasteiger charge is -2.53. The fraction of sp³-hybridized carbons (Fsp3) is 0.905. The molecule has 9 heteroatoms. The van der Waals surface area contributed by atoms with Crippen LogP contribution in [0.4, 0.5) is 0 Å². The monoisotopic (exact) mass is 456 g/mol. The fourth-order valence-corrected chi connectivity index (χ4v) is 7.00. The van der Waals surface area contributed by atoms with Crippen LogP contribution in [0.15, 0.2) is 0 Å². The molecule has 168 valence electrons. The maximum absolute atomic E-state index is 11.4. The second-order valence-electron chi connectivity index (χ2n) is 9.54. The number of primary amides is 1. The largest absolute Gasteiger partial charge is 0.369 e. The van der Waals surface area contributed by atoms with E-state index in [1.165, 1.54) is 12.8 Å². The number of alkyl halides is 2. The molecule has 7 nitrogen and oxygen atoms in total. The van der Waals surface area contributed by atoms with E-state index in [0.29, 0.717) is 42.3 Å². The molecule has 0 radical (unpaired) electrons. The van der Waals surface area contributed by atoms with Crippen molar-refractivity contribution in [1.82, 2.24) is 20.4 Å². The Bertz CT molecular complexity index is 652. The van der Waals surface area contributed by atoms with Gasteiger partial charge in [0.25, 0.3) is 0 Å². The van der Waals surface area contributed by atoms with E-state index in [9.17, 15) is 10.1 Å². The molecule has 6 unspecified atom stereocenters. The van der Waals surface area contributed by atoms with Crippen molar-refractivity contribution in [1.29, 1.82) is 5.26 Å². The molecule has 0 aromatic heterocycles. The fourth-order valence-electron chi connectivity index (χ4n) is 6.25. The standard InChI is InChI=1S/C21H34Cl2N6O/c22-14-3-1-13(2-4-14)16-7-17-19(8-18(16)23)26-12-27-21(17)29-6-5-28(11-20(25)30)15(9-24)10-29/h13-19,21,26-27H,1-8,10-12H2,(H2,25,30). The molecule has 30 heavy (non-hydrogen) atoms. The highest BCUT2D eigenvalue weighted by Gasteiger charge is 2.47. The van der Waals surface area contributed by atoms with Crippen molar-refractivity contribution in [2.75, 3.05) is 32.8 Å². The van der Waals surface area contributed by atoms with Crippen LogP contribution in [0.5, 0.6) is 0 Å².